The molecule has 4 nitrogen and oxygen atoms in total. The third-order valence-corrected chi connectivity index (χ3v) is 3.18. The quantitative estimate of drug-likeness (QED) is 0.789. The summed E-state index contributed by atoms with van der Waals surface area (Å²) in [5, 5.41) is 3.38. The maximum atomic E-state index is 5.90. The van der Waals surface area contributed by atoms with E-state index in [0.29, 0.717) is 5.88 Å². The van der Waals surface area contributed by atoms with Crippen LogP contribution >= 0.6 is 0 Å². The maximum Gasteiger partial charge on any atom is 0.219 e. The van der Waals surface area contributed by atoms with Gasteiger partial charge in [0.15, 0.2) is 5.75 Å². The van der Waals surface area contributed by atoms with Crippen LogP contribution in [-0.2, 0) is 13.0 Å². The second-order valence-corrected chi connectivity index (χ2v) is 5.03. The van der Waals surface area contributed by atoms with Crippen LogP contribution in [0, 0.1) is 6.92 Å². The molecule has 2 aromatic rings. The third-order valence-electron chi connectivity index (χ3n) is 3.18. The van der Waals surface area contributed by atoms with Gasteiger partial charge in [-0.2, -0.15) is 0 Å². The molecule has 2 heterocycles. The van der Waals surface area contributed by atoms with Gasteiger partial charge in [-0.1, -0.05) is 13.8 Å². The van der Waals surface area contributed by atoms with Crippen LogP contribution < -0.4 is 10.1 Å². The summed E-state index contributed by atoms with van der Waals surface area (Å²) in [6.07, 6.45) is 3.75. The van der Waals surface area contributed by atoms with Crippen molar-refractivity contribution in [1.29, 1.82) is 0 Å². The topological polar surface area (TPSA) is 47.0 Å². The Balaban J connectivity index is 2.10. The fourth-order valence-corrected chi connectivity index (χ4v) is 2.08. The minimum absolute atomic E-state index is 0.617. The van der Waals surface area contributed by atoms with Crippen LogP contribution in [0.4, 0.5) is 0 Å². The van der Waals surface area contributed by atoms with Crippen LogP contribution in [0.2, 0.25) is 0 Å². The van der Waals surface area contributed by atoms with Gasteiger partial charge >= 0.3 is 0 Å². The van der Waals surface area contributed by atoms with Crippen molar-refractivity contribution in [2.75, 3.05) is 6.54 Å². The maximum absolute atomic E-state index is 5.90. The SMILES string of the molecule is CCCNCc1ccnc(Oc2ccc(C)nc2CC)c1. The fraction of sp³-hybridized carbons (Fsp3) is 0.412. The molecule has 0 amide bonds. The monoisotopic (exact) mass is 285 g/mol. The third kappa shape index (κ3) is 4.53. The van der Waals surface area contributed by atoms with Crippen LogP contribution in [0.5, 0.6) is 11.6 Å². The summed E-state index contributed by atoms with van der Waals surface area (Å²) in [6, 6.07) is 7.90. The smallest absolute Gasteiger partial charge is 0.219 e. The molecule has 0 unspecified atom stereocenters. The molecule has 0 fully saturated rings. The molecule has 1 N–H and O–H groups in total. The lowest BCUT2D eigenvalue weighted by Crippen LogP contribution is -2.13. The van der Waals surface area contributed by atoms with E-state index in [4.69, 9.17) is 4.74 Å². The highest BCUT2D eigenvalue weighted by molar-refractivity contribution is 5.33. The highest BCUT2D eigenvalue weighted by atomic mass is 16.5. The van der Waals surface area contributed by atoms with Crippen molar-refractivity contribution in [3.8, 4) is 11.6 Å². The molecule has 0 aliphatic rings. The van der Waals surface area contributed by atoms with E-state index in [1.165, 1.54) is 5.56 Å². The van der Waals surface area contributed by atoms with Gasteiger partial charge in [0.1, 0.15) is 0 Å². The van der Waals surface area contributed by atoms with Gasteiger partial charge in [0, 0.05) is 24.5 Å². The van der Waals surface area contributed by atoms with Crippen molar-refractivity contribution in [3.63, 3.8) is 0 Å². The molecular weight excluding hydrogens is 262 g/mol. The number of rotatable bonds is 7. The zero-order valence-corrected chi connectivity index (χ0v) is 13.0. The van der Waals surface area contributed by atoms with Gasteiger partial charge in [-0.25, -0.2) is 4.98 Å². The molecule has 4 heteroatoms. The van der Waals surface area contributed by atoms with Crippen LogP contribution in [0.25, 0.3) is 0 Å². The Hall–Kier alpha value is -1.94. The Morgan fingerprint density at radius 1 is 1.19 bits per heavy atom. The first-order chi connectivity index (χ1) is 10.2. The van der Waals surface area contributed by atoms with E-state index < -0.39 is 0 Å². The van der Waals surface area contributed by atoms with Crippen molar-refractivity contribution in [3.05, 3.63) is 47.4 Å². The Morgan fingerprint density at radius 2 is 2.05 bits per heavy atom. The fourth-order valence-electron chi connectivity index (χ4n) is 2.08. The summed E-state index contributed by atoms with van der Waals surface area (Å²) in [5.74, 6) is 1.40. The van der Waals surface area contributed by atoms with Crippen molar-refractivity contribution in [1.82, 2.24) is 15.3 Å². The molecule has 0 saturated carbocycles. The lowest BCUT2D eigenvalue weighted by Gasteiger charge is -2.10. The highest BCUT2D eigenvalue weighted by Gasteiger charge is 2.07. The van der Waals surface area contributed by atoms with Gasteiger partial charge < -0.3 is 10.1 Å². The van der Waals surface area contributed by atoms with Crippen molar-refractivity contribution >= 4 is 0 Å². The van der Waals surface area contributed by atoms with Crippen molar-refractivity contribution < 1.29 is 4.74 Å². The number of ether oxygens (including phenoxy) is 1. The Morgan fingerprint density at radius 3 is 2.81 bits per heavy atom. The molecule has 21 heavy (non-hydrogen) atoms. The molecule has 0 aliphatic carbocycles. The molecule has 2 rings (SSSR count). The molecule has 0 bridgehead atoms. The largest absolute Gasteiger partial charge is 0.437 e. The van der Waals surface area contributed by atoms with E-state index in [2.05, 4.69) is 29.1 Å². The average molecular weight is 285 g/mol. The summed E-state index contributed by atoms with van der Waals surface area (Å²) in [6.45, 7) is 8.07. The number of nitrogens with one attached hydrogen (secondary N) is 1. The number of hydrogen-bond acceptors (Lipinski definition) is 4. The second kappa shape index (κ2) is 7.74. The van der Waals surface area contributed by atoms with Crippen LogP contribution in [0.3, 0.4) is 0 Å². The van der Waals surface area contributed by atoms with Crippen molar-refractivity contribution in [2.24, 2.45) is 0 Å². The Bertz CT molecular complexity index is 584. The van der Waals surface area contributed by atoms with Gasteiger partial charge in [0.25, 0.3) is 0 Å². The average Bonchev–Trinajstić information content (AvgIpc) is 2.50. The Kier molecular flexibility index (Phi) is 5.69. The Labute approximate surface area is 126 Å². The molecule has 0 saturated heterocycles. The van der Waals surface area contributed by atoms with Gasteiger partial charge in [-0.15, -0.1) is 0 Å². The van der Waals surface area contributed by atoms with Crippen LogP contribution in [-0.4, -0.2) is 16.5 Å². The number of aryl methyl sites for hydroxylation is 2. The molecular formula is C17H23N3O. The predicted octanol–water partition coefficient (Wildman–Crippen LogP) is 3.64. The van der Waals surface area contributed by atoms with E-state index in [9.17, 15) is 0 Å². The normalized spacial score (nSPS) is 10.6. The first-order valence-electron chi connectivity index (χ1n) is 7.53. The van der Waals surface area contributed by atoms with Crippen LogP contribution in [0.15, 0.2) is 30.5 Å². The minimum Gasteiger partial charge on any atom is -0.437 e. The predicted molar refractivity (Wildman–Crippen MR) is 84.7 cm³/mol. The molecule has 0 aliphatic heterocycles. The summed E-state index contributed by atoms with van der Waals surface area (Å²) in [4.78, 5) is 8.79. The zero-order valence-electron chi connectivity index (χ0n) is 13.0. The van der Waals surface area contributed by atoms with E-state index in [1.807, 2.05) is 31.2 Å². The lowest BCUT2D eigenvalue weighted by atomic mass is 10.2. The van der Waals surface area contributed by atoms with E-state index in [1.54, 1.807) is 6.20 Å². The van der Waals surface area contributed by atoms with Crippen LogP contribution in [0.1, 0.15) is 37.2 Å². The van der Waals surface area contributed by atoms with Gasteiger partial charge in [-0.05, 0) is 50.1 Å². The summed E-state index contributed by atoms with van der Waals surface area (Å²) < 4.78 is 5.90. The molecule has 112 valence electrons. The molecule has 0 spiro atoms. The number of aromatic nitrogens is 2. The number of nitrogens with zero attached hydrogens (tertiary/aromatic N) is 2. The summed E-state index contributed by atoms with van der Waals surface area (Å²) in [7, 11) is 0. The minimum atomic E-state index is 0.617. The van der Waals surface area contributed by atoms with Gasteiger partial charge in [0.05, 0.1) is 5.69 Å². The second-order valence-electron chi connectivity index (χ2n) is 5.03. The number of hydrogen-bond donors (Lipinski definition) is 1. The standard InChI is InChI=1S/C17H23N3O/c1-4-9-18-12-14-8-10-19-17(11-14)21-16-7-6-13(3)20-15(16)5-2/h6-8,10-11,18H,4-5,9,12H2,1-3H3. The molecule has 0 radical (unpaired) electrons. The summed E-state index contributed by atoms with van der Waals surface area (Å²) >= 11 is 0. The zero-order chi connectivity index (χ0) is 15.1. The highest BCUT2D eigenvalue weighted by Crippen LogP contribution is 2.24. The molecule has 2 aromatic heterocycles. The molecule has 0 atom stereocenters. The van der Waals surface area contributed by atoms with Gasteiger partial charge in [-0.3, -0.25) is 4.98 Å². The van der Waals surface area contributed by atoms with E-state index >= 15 is 0 Å². The van der Waals surface area contributed by atoms with Crippen molar-refractivity contribution in [2.45, 2.75) is 40.2 Å². The molecule has 0 aromatic carbocycles. The van der Waals surface area contributed by atoms with E-state index in [0.717, 1.165) is 43.1 Å². The first kappa shape index (κ1) is 15.4. The lowest BCUT2D eigenvalue weighted by molar-refractivity contribution is 0.453. The first-order valence-corrected chi connectivity index (χ1v) is 7.53. The van der Waals surface area contributed by atoms with E-state index in [-0.39, 0.29) is 0 Å². The summed E-state index contributed by atoms with van der Waals surface area (Å²) in [5.41, 5.74) is 3.14. The van der Waals surface area contributed by atoms with Gasteiger partial charge in [0.2, 0.25) is 5.88 Å². The number of pyridine rings is 2.